The van der Waals surface area contributed by atoms with E-state index < -0.39 is 5.41 Å². The lowest BCUT2D eigenvalue weighted by Crippen LogP contribution is -2.51. The second kappa shape index (κ2) is 4.72. The maximum absolute atomic E-state index is 9.54. The topological polar surface area (TPSA) is 55.2 Å². The molecule has 1 aliphatic heterocycles. The van der Waals surface area contributed by atoms with Gasteiger partial charge in [-0.15, -0.1) is 0 Å². The highest BCUT2D eigenvalue weighted by molar-refractivity contribution is 5.59. The van der Waals surface area contributed by atoms with Gasteiger partial charge in [-0.05, 0) is 19.1 Å². The van der Waals surface area contributed by atoms with E-state index in [-0.39, 0.29) is 6.61 Å². The van der Waals surface area contributed by atoms with Crippen molar-refractivity contribution >= 4 is 0 Å². The predicted octanol–water partition coefficient (Wildman–Crippen LogP) is 1.71. The van der Waals surface area contributed by atoms with Crippen LogP contribution >= 0.6 is 0 Å². The molecule has 0 bridgehead atoms. The van der Waals surface area contributed by atoms with Gasteiger partial charge >= 0.3 is 0 Å². The average Bonchev–Trinajstić information content (AvgIpc) is 2.39. The molecule has 19 heavy (non-hydrogen) atoms. The third kappa shape index (κ3) is 2.13. The molecule has 0 aliphatic carbocycles. The van der Waals surface area contributed by atoms with Crippen molar-refractivity contribution in [3.8, 4) is 11.3 Å². The van der Waals surface area contributed by atoms with Crippen LogP contribution in [-0.2, 0) is 10.2 Å². The normalized spacial score (nSPS) is 16.9. The van der Waals surface area contributed by atoms with E-state index in [1.165, 1.54) is 5.56 Å². The van der Waals surface area contributed by atoms with Crippen molar-refractivity contribution in [1.82, 2.24) is 9.97 Å². The maximum Gasteiger partial charge on any atom is 0.142 e. The summed E-state index contributed by atoms with van der Waals surface area (Å²) in [6.07, 6.45) is 1.75. The molecule has 1 aliphatic rings. The van der Waals surface area contributed by atoms with Crippen LogP contribution in [0.15, 0.2) is 36.5 Å². The van der Waals surface area contributed by atoms with Crippen LogP contribution in [0.3, 0.4) is 0 Å². The summed E-state index contributed by atoms with van der Waals surface area (Å²) in [5.74, 6) is 0.667. The van der Waals surface area contributed by atoms with Crippen LogP contribution in [-0.4, -0.2) is 34.9 Å². The number of aromatic nitrogens is 2. The summed E-state index contributed by atoms with van der Waals surface area (Å²) in [6.45, 7) is 3.05. The van der Waals surface area contributed by atoms with E-state index in [2.05, 4.69) is 29.0 Å². The first-order valence-corrected chi connectivity index (χ1v) is 6.33. The van der Waals surface area contributed by atoms with Gasteiger partial charge in [-0.1, -0.05) is 23.8 Å². The number of hydrogen-bond acceptors (Lipinski definition) is 4. The monoisotopic (exact) mass is 256 g/mol. The Labute approximate surface area is 112 Å². The summed E-state index contributed by atoms with van der Waals surface area (Å²) in [6, 6.07) is 10.1. The highest BCUT2D eigenvalue weighted by Gasteiger charge is 2.42. The maximum atomic E-state index is 9.54. The zero-order chi connectivity index (χ0) is 13.3. The predicted molar refractivity (Wildman–Crippen MR) is 71.8 cm³/mol. The lowest BCUT2D eigenvalue weighted by Gasteiger charge is -2.38. The summed E-state index contributed by atoms with van der Waals surface area (Å²) in [4.78, 5) is 8.90. The Balaban J connectivity index is 2.00. The molecule has 0 spiro atoms. The fraction of sp³-hybridized carbons (Fsp3) is 0.333. The first-order chi connectivity index (χ1) is 9.23. The minimum absolute atomic E-state index is 0.0181. The zero-order valence-corrected chi connectivity index (χ0v) is 10.8. The van der Waals surface area contributed by atoms with E-state index in [1.807, 2.05) is 18.2 Å². The Morgan fingerprint density at radius 3 is 2.79 bits per heavy atom. The molecular formula is C15H16N2O2. The lowest BCUT2D eigenvalue weighted by atomic mass is 9.86. The smallest absolute Gasteiger partial charge is 0.142 e. The van der Waals surface area contributed by atoms with Gasteiger partial charge in [0, 0.05) is 11.8 Å². The summed E-state index contributed by atoms with van der Waals surface area (Å²) >= 11 is 0. The fourth-order valence-electron chi connectivity index (χ4n) is 2.22. The molecule has 1 aromatic carbocycles. The molecule has 3 rings (SSSR count). The van der Waals surface area contributed by atoms with Crippen LogP contribution < -0.4 is 0 Å². The molecule has 0 radical (unpaired) electrons. The zero-order valence-electron chi connectivity index (χ0n) is 10.8. The van der Waals surface area contributed by atoms with E-state index in [9.17, 15) is 5.11 Å². The number of rotatable bonds is 3. The molecule has 4 heteroatoms. The summed E-state index contributed by atoms with van der Waals surface area (Å²) in [5, 5.41) is 9.54. The lowest BCUT2D eigenvalue weighted by molar-refractivity contribution is -0.0883. The molecule has 1 fully saturated rings. The Morgan fingerprint density at radius 2 is 2.16 bits per heavy atom. The van der Waals surface area contributed by atoms with Gasteiger partial charge < -0.3 is 9.84 Å². The second-order valence-electron chi connectivity index (χ2n) is 5.07. The summed E-state index contributed by atoms with van der Waals surface area (Å²) in [7, 11) is 0. The number of aryl methyl sites for hydroxylation is 1. The van der Waals surface area contributed by atoms with E-state index in [0.29, 0.717) is 19.0 Å². The van der Waals surface area contributed by atoms with Gasteiger partial charge in [0.1, 0.15) is 5.82 Å². The van der Waals surface area contributed by atoms with Gasteiger partial charge in [-0.25, -0.2) is 9.97 Å². The highest BCUT2D eigenvalue weighted by Crippen LogP contribution is 2.30. The standard InChI is InChI=1S/C15H16N2O2/c1-11-3-2-4-12(7-11)13-5-6-16-14(17-13)15(8-18)9-19-10-15/h2-7,18H,8-10H2,1H3. The summed E-state index contributed by atoms with van der Waals surface area (Å²) < 4.78 is 5.21. The second-order valence-corrected chi connectivity index (χ2v) is 5.07. The van der Waals surface area contributed by atoms with Gasteiger partial charge in [0.15, 0.2) is 0 Å². The molecule has 0 atom stereocenters. The highest BCUT2D eigenvalue weighted by atomic mass is 16.5. The van der Waals surface area contributed by atoms with Gasteiger partial charge in [0.05, 0.1) is 30.9 Å². The Hall–Kier alpha value is -1.78. The SMILES string of the molecule is Cc1cccc(-c2ccnc(C3(CO)COC3)n2)c1. The molecule has 0 unspecified atom stereocenters. The van der Waals surface area contributed by atoms with E-state index in [0.717, 1.165) is 11.3 Å². The number of hydrogen-bond donors (Lipinski definition) is 1. The van der Waals surface area contributed by atoms with Crippen molar-refractivity contribution in [2.45, 2.75) is 12.3 Å². The molecule has 0 saturated carbocycles. The van der Waals surface area contributed by atoms with Crippen molar-refractivity contribution in [2.75, 3.05) is 19.8 Å². The van der Waals surface area contributed by atoms with Crippen molar-refractivity contribution < 1.29 is 9.84 Å². The third-order valence-electron chi connectivity index (χ3n) is 3.50. The number of aliphatic hydroxyl groups is 1. The van der Waals surface area contributed by atoms with Crippen LogP contribution in [0.4, 0.5) is 0 Å². The Kier molecular flexibility index (Phi) is 3.05. The fourth-order valence-corrected chi connectivity index (χ4v) is 2.22. The van der Waals surface area contributed by atoms with Crippen molar-refractivity contribution in [2.24, 2.45) is 0 Å². The van der Waals surface area contributed by atoms with Crippen molar-refractivity contribution in [1.29, 1.82) is 0 Å². The molecule has 0 amide bonds. The first-order valence-electron chi connectivity index (χ1n) is 6.33. The number of ether oxygens (including phenoxy) is 1. The van der Waals surface area contributed by atoms with Crippen LogP contribution in [0.25, 0.3) is 11.3 Å². The number of aliphatic hydroxyl groups excluding tert-OH is 1. The number of benzene rings is 1. The van der Waals surface area contributed by atoms with E-state index in [4.69, 9.17) is 4.74 Å². The quantitative estimate of drug-likeness (QED) is 0.908. The molecule has 1 aromatic heterocycles. The van der Waals surface area contributed by atoms with Gasteiger partial charge in [0.25, 0.3) is 0 Å². The van der Waals surface area contributed by atoms with E-state index in [1.54, 1.807) is 6.20 Å². The van der Waals surface area contributed by atoms with E-state index >= 15 is 0 Å². The van der Waals surface area contributed by atoms with Crippen LogP contribution in [0.1, 0.15) is 11.4 Å². The number of nitrogens with zero attached hydrogens (tertiary/aromatic N) is 2. The molecule has 2 aromatic rings. The Morgan fingerprint density at radius 1 is 1.32 bits per heavy atom. The van der Waals surface area contributed by atoms with Gasteiger partial charge in [-0.2, -0.15) is 0 Å². The largest absolute Gasteiger partial charge is 0.395 e. The minimum Gasteiger partial charge on any atom is -0.395 e. The van der Waals surface area contributed by atoms with Crippen molar-refractivity contribution in [3.05, 3.63) is 47.9 Å². The first kappa shape index (κ1) is 12.3. The van der Waals surface area contributed by atoms with Crippen LogP contribution in [0.2, 0.25) is 0 Å². The summed E-state index contributed by atoms with van der Waals surface area (Å²) in [5.41, 5.74) is 2.73. The minimum atomic E-state index is -0.417. The molecule has 98 valence electrons. The molecule has 1 saturated heterocycles. The van der Waals surface area contributed by atoms with Crippen LogP contribution in [0.5, 0.6) is 0 Å². The average molecular weight is 256 g/mol. The Bertz CT molecular complexity index is 589. The molecule has 1 N–H and O–H groups in total. The van der Waals surface area contributed by atoms with Crippen LogP contribution in [0, 0.1) is 6.92 Å². The van der Waals surface area contributed by atoms with Gasteiger partial charge in [-0.3, -0.25) is 0 Å². The molecule has 4 nitrogen and oxygen atoms in total. The van der Waals surface area contributed by atoms with Gasteiger partial charge in [0.2, 0.25) is 0 Å². The molecular weight excluding hydrogens is 240 g/mol. The molecule has 2 heterocycles. The third-order valence-corrected chi connectivity index (χ3v) is 3.50. The van der Waals surface area contributed by atoms with Crippen molar-refractivity contribution in [3.63, 3.8) is 0 Å².